The number of para-hydroxylation sites is 1. The molecular formula is C23H17BrN2O2S. The maximum absolute atomic E-state index is 12.3. The number of nitrogens with one attached hydrogen (secondary N) is 1. The summed E-state index contributed by atoms with van der Waals surface area (Å²) < 4.78 is 6.72. The number of amidine groups is 1. The molecular weight excluding hydrogens is 448 g/mol. The molecule has 1 saturated heterocycles. The van der Waals surface area contributed by atoms with Crippen molar-refractivity contribution in [3.8, 4) is 5.75 Å². The van der Waals surface area contributed by atoms with Gasteiger partial charge < -0.3 is 10.1 Å². The summed E-state index contributed by atoms with van der Waals surface area (Å²) in [6.45, 7) is 0.497. The molecule has 0 radical (unpaired) electrons. The van der Waals surface area contributed by atoms with Crippen LogP contribution in [-0.4, -0.2) is 11.1 Å². The Balaban J connectivity index is 1.46. The minimum atomic E-state index is -0.148. The Labute approximate surface area is 181 Å². The summed E-state index contributed by atoms with van der Waals surface area (Å²) in [5.41, 5.74) is 2.82. The summed E-state index contributed by atoms with van der Waals surface area (Å²) in [4.78, 5) is 17.3. The van der Waals surface area contributed by atoms with Crippen LogP contribution in [-0.2, 0) is 11.4 Å². The lowest BCUT2D eigenvalue weighted by Gasteiger charge is -2.09. The highest BCUT2D eigenvalue weighted by atomic mass is 79.9. The van der Waals surface area contributed by atoms with Crippen molar-refractivity contribution in [2.24, 2.45) is 4.99 Å². The molecule has 1 amide bonds. The molecule has 0 aromatic heterocycles. The van der Waals surface area contributed by atoms with Crippen LogP contribution in [0.1, 0.15) is 11.1 Å². The van der Waals surface area contributed by atoms with Crippen molar-refractivity contribution in [1.82, 2.24) is 5.32 Å². The molecule has 0 aliphatic carbocycles. The maximum atomic E-state index is 12.3. The van der Waals surface area contributed by atoms with Gasteiger partial charge in [0, 0.05) is 0 Å². The molecule has 4 rings (SSSR count). The molecule has 29 heavy (non-hydrogen) atoms. The van der Waals surface area contributed by atoms with Crippen LogP contribution in [0.5, 0.6) is 5.75 Å². The highest BCUT2D eigenvalue weighted by Gasteiger charge is 2.23. The molecule has 0 saturated carbocycles. The zero-order valence-corrected chi connectivity index (χ0v) is 17.7. The van der Waals surface area contributed by atoms with Crippen molar-refractivity contribution in [3.05, 3.63) is 99.4 Å². The van der Waals surface area contributed by atoms with Crippen LogP contribution in [0, 0.1) is 0 Å². The largest absolute Gasteiger partial charge is 0.488 e. The highest BCUT2D eigenvalue weighted by molar-refractivity contribution is 9.10. The first-order valence-corrected chi connectivity index (χ1v) is 10.6. The van der Waals surface area contributed by atoms with Crippen LogP contribution < -0.4 is 10.1 Å². The van der Waals surface area contributed by atoms with Crippen LogP contribution in [0.25, 0.3) is 6.08 Å². The number of amides is 1. The number of thioether (sulfide) groups is 1. The number of rotatable bonds is 5. The molecule has 0 bridgehead atoms. The van der Waals surface area contributed by atoms with Crippen molar-refractivity contribution in [2.75, 3.05) is 0 Å². The van der Waals surface area contributed by atoms with E-state index in [4.69, 9.17) is 4.74 Å². The third-order valence-corrected chi connectivity index (χ3v) is 5.66. The van der Waals surface area contributed by atoms with E-state index in [2.05, 4.69) is 26.2 Å². The molecule has 1 aliphatic heterocycles. The number of halogens is 1. The second-order valence-electron chi connectivity index (χ2n) is 6.28. The molecule has 1 aliphatic rings. The van der Waals surface area contributed by atoms with Gasteiger partial charge in [-0.05, 0) is 69.2 Å². The number of hydrogen-bond acceptors (Lipinski definition) is 4. The zero-order valence-electron chi connectivity index (χ0n) is 15.3. The fourth-order valence-corrected chi connectivity index (χ4v) is 4.06. The summed E-state index contributed by atoms with van der Waals surface area (Å²) in [7, 11) is 0. The average molecular weight is 465 g/mol. The molecule has 4 nitrogen and oxygen atoms in total. The third-order valence-electron chi connectivity index (χ3n) is 4.13. The second kappa shape index (κ2) is 9.11. The molecule has 3 aromatic carbocycles. The fraction of sp³-hybridized carbons (Fsp3) is 0.0435. The summed E-state index contributed by atoms with van der Waals surface area (Å²) in [6, 6.07) is 25.3. The number of ether oxygens (including phenoxy) is 1. The summed E-state index contributed by atoms with van der Waals surface area (Å²) in [6.07, 6.45) is 1.85. The summed E-state index contributed by atoms with van der Waals surface area (Å²) in [5, 5.41) is 3.38. The molecule has 144 valence electrons. The quantitative estimate of drug-likeness (QED) is 0.476. The minimum Gasteiger partial charge on any atom is -0.488 e. The number of benzene rings is 3. The van der Waals surface area contributed by atoms with Crippen LogP contribution in [0.15, 0.2) is 93.2 Å². The Kier molecular flexibility index (Phi) is 6.12. The van der Waals surface area contributed by atoms with Crippen LogP contribution in [0.3, 0.4) is 0 Å². The summed E-state index contributed by atoms with van der Waals surface area (Å²) in [5.74, 6) is 0.607. The van der Waals surface area contributed by atoms with Gasteiger partial charge in [0.15, 0.2) is 5.17 Å². The molecule has 6 heteroatoms. The van der Waals surface area contributed by atoms with Gasteiger partial charge in [0.25, 0.3) is 5.91 Å². The Morgan fingerprint density at radius 2 is 1.72 bits per heavy atom. The lowest BCUT2D eigenvalue weighted by Crippen LogP contribution is -2.19. The normalized spacial score (nSPS) is 16.2. The smallest absolute Gasteiger partial charge is 0.264 e. The van der Waals surface area contributed by atoms with Gasteiger partial charge in [-0.1, -0.05) is 54.6 Å². The van der Waals surface area contributed by atoms with Crippen LogP contribution in [0.4, 0.5) is 5.69 Å². The fourth-order valence-electron chi connectivity index (χ4n) is 2.71. The molecule has 0 spiro atoms. The third kappa shape index (κ3) is 5.16. The maximum Gasteiger partial charge on any atom is 0.264 e. The molecule has 1 heterocycles. The average Bonchev–Trinajstić information content (AvgIpc) is 3.07. The van der Waals surface area contributed by atoms with Crippen molar-refractivity contribution >= 4 is 50.5 Å². The highest BCUT2D eigenvalue weighted by Crippen LogP contribution is 2.31. The lowest BCUT2D eigenvalue weighted by molar-refractivity contribution is -0.115. The van der Waals surface area contributed by atoms with E-state index in [-0.39, 0.29) is 5.91 Å². The monoisotopic (exact) mass is 464 g/mol. The van der Waals surface area contributed by atoms with Crippen molar-refractivity contribution in [3.63, 3.8) is 0 Å². The van der Waals surface area contributed by atoms with E-state index in [1.165, 1.54) is 11.8 Å². The Morgan fingerprint density at radius 3 is 2.45 bits per heavy atom. The van der Waals surface area contributed by atoms with Gasteiger partial charge in [-0.15, -0.1) is 0 Å². The molecule has 0 atom stereocenters. The van der Waals surface area contributed by atoms with Gasteiger partial charge in [0.05, 0.1) is 15.1 Å². The first-order valence-electron chi connectivity index (χ1n) is 8.98. The number of hydrogen-bond donors (Lipinski definition) is 1. The van der Waals surface area contributed by atoms with Gasteiger partial charge in [0.2, 0.25) is 0 Å². The Hall–Kier alpha value is -2.83. The van der Waals surface area contributed by atoms with Gasteiger partial charge in [-0.25, -0.2) is 4.99 Å². The van der Waals surface area contributed by atoms with E-state index in [1.807, 2.05) is 84.9 Å². The second-order valence-corrected chi connectivity index (χ2v) is 8.17. The van der Waals surface area contributed by atoms with Crippen LogP contribution in [0.2, 0.25) is 0 Å². The van der Waals surface area contributed by atoms with E-state index in [9.17, 15) is 4.79 Å². The Morgan fingerprint density at radius 1 is 1.00 bits per heavy atom. The first kappa shape index (κ1) is 19.5. The predicted octanol–water partition coefficient (Wildman–Crippen LogP) is 5.92. The van der Waals surface area contributed by atoms with E-state index < -0.39 is 0 Å². The zero-order chi connectivity index (χ0) is 20.1. The number of carbonyl (C=O) groups is 1. The van der Waals surface area contributed by atoms with E-state index in [1.54, 1.807) is 0 Å². The van der Waals surface area contributed by atoms with E-state index in [0.29, 0.717) is 16.7 Å². The Bertz CT molecular complexity index is 1080. The van der Waals surface area contributed by atoms with Gasteiger partial charge in [-0.2, -0.15) is 0 Å². The number of nitrogens with zero attached hydrogens (tertiary/aromatic N) is 1. The molecule has 0 unspecified atom stereocenters. The first-order chi connectivity index (χ1) is 14.2. The minimum absolute atomic E-state index is 0.148. The standard InChI is InChI=1S/C23H17BrN2O2S/c24-19-13-17(11-12-20(19)28-15-16-7-3-1-4-8-16)14-21-22(27)26-23(29-21)25-18-9-5-2-6-10-18/h1-14H,15H2,(H,25,26,27)/b21-14-. The predicted molar refractivity (Wildman–Crippen MR) is 122 cm³/mol. The summed E-state index contributed by atoms with van der Waals surface area (Å²) >= 11 is 4.89. The van der Waals surface area contributed by atoms with Crippen molar-refractivity contribution < 1.29 is 9.53 Å². The number of aliphatic imine (C=N–C) groups is 1. The van der Waals surface area contributed by atoms with E-state index >= 15 is 0 Å². The van der Waals surface area contributed by atoms with E-state index in [0.717, 1.165) is 27.0 Å². The molecule has 3 aromatic rings. The number of carbonyl (C=O) groups excluding carboxylic acids is 1. The van der Waals surface area contributed by atoms with Gasteiger partial charge >= 0.3 is 0 Å². The van der Waals surface area contributed by atoms with Gasteiger partial charge in [0.1, 0.15) is 12.4 Å². The van der Waals surface area contributed by atoms with Crippen molar-refractivity contribution in [2.45, 2.75) is 6.61 Å². The SMILES string of the molecule is O=C1NC(=Nc2ccccc2)S/C1=C\c1ccc(OCc2ccccc2)c(Br)c1. The van der Waals surface area contributed by atoms with Gasteiger partial charge in [-0.3, -0.25) is 4.79 Å². The molecule has 1 N–H and O–H groups in total. The topological polar surface area (TPSA) is 50.7 Å². The lowest BCUT2D eigenvalue weighted by atomic mass is 10.2. The molecule has 1 fully saturated rings. The van der Waals surface area contributed by atoms with Crippen molar-refractivity contribution in [1.29, 1.82) is 0 Å². The van der Waals surface area contributed by atoms with Crippen LogP contribution >= 0.6 is 27.7 Å².